The Hall–Kier alpha value is -3.56. The summed E-state index contributed by atoms with van der Waals surface area (Å²) in [6, 6.07) is 11.8. The van der Waals surface area contributed by atoms with E-state index in [1.54, 1.807) is 24.0 Å². The third-order valence-corrected chi connectivity index (χ3v) is 6.81. The van der Waals surface area contributed by atoms with Crippen LogP contribution in [-0.4, -0.2) is 68.2 Å². The van der Waals surface area contributed by atoms with Gasteiger partial charge in [0.2, 0.25) is 5.95 Å². The van der Waals surface area contributed by atoms with Crippen LogP contribution >= 0.6 is 11.6 Å². The lowest BCUT2D eigenvalue weighted by Crippen LogP contribution is -3.12. The van der Waals surface area contributed by atoms with Gasteiger partial charge in [-0.1, -0.05) is 23.7 Å². The molecule has 35 heavy (non-hydrogen) atoms. The number of carbonyl (C=O) groups excluding carboxylic acids is 1. The molecule has 0 bridgehead atoms. The van der Waals surface area contributed by atoms with Crippen LogP contribution in [-0.2, 0) is 6.54 Å². The van der Waals surface area contributed by atoms with E-state index in [2.05, 4.69) is 38.6 Å². The molecule has 3 heterocycles. The number of nitrogens with zero attached hydrogens (tertiary/aromatic N) is 4. The standard InChI is InChI=1S/C25H28ClN7O2/c1-31-9-11-33(12-10-31)17-7-8-19(21(13-17)35-3)29-25-27-14-18(26)23(30-25)28-20-6-4-5-16-15-32(2)24(34)22(16)20/h4-8,13-14H,9-12,15H2,1-3H3,(H2,27,28,29,30)/p+1. The number of nitrogens with one attached hydrogen (secondary N) is 3. The fraction of sp³-hybridized carbons (Fsp3) is 0.320. The number of halogens is 1. The van der Waals surface area contributed by atoms with Crippen molar-refractivity contribution in [3.63, 3.8) is 0 Å². The normalized spacial score (nSPS) is 15.8. The Morgan fingerprint density at radius 1 is 1.11 bits per heavy atom. The van der Waals surface area contributed by atoms with Crippen molar-refractivity contribution in [3.8, 4) is 5.75 Å². The SMILES string of the molecule is COc1cc(N2CC[NH+](C)CC2)ccc1Nc1ncc(Cl)c(Nc2cccc3c2C(=O)N(C)C3)n1. The number of hydrogen-bond acceptors (Lipinski definition) is 7. The van der Waals surface area contributed by atoms with Crippen molar-refractivity contribution in [1.29, 1.82) is 0 Å². The van der Waals surface area contributed by atoms with Gasteiger partial charge in [-0.25, -0.2) is 4.98 Å². The molecular formula is C25H29ClN7O2+. The number of piperazine rings is 1. The zero-order chi connectivity index (χ0) is 24.5. The number of anilines is 5. The quantitative estimate of drug-likeness (QED) is 0.485. The number of hydrogen-bond donors (Lipinski definition) is 3. The molecule has 10 heteroatoms. The van der Waals surface area contributed by atoms with Gasteiger partial charge in [0.05, 0.1) is 63.5 Å². The van der Waals surface area contributed by atoms with Crippen LogP contribution in [0.1, 0.15) is 15.9 Å². The Morgan fingerprint density at radius 3 is 2.69 bits per heavy atom. The molecule has 0 spiro atoms. The first-order chi connectivity index (χ1) is 16.9. The van der Waals surface area contributed by atoms with Gasteiger partial charge in [0.25, 0.3) is 5.91 Å². The largest absolute Gasteiger partial charge is 0.494 e. The number of fused-ring (bicyclic) bond motifs is 1. The van der Waals surface area contributed by atoms with E-state index in [0.29, 0.717) is 40.3 Å². The summed E-state index contributed by atoms with van der Waals surface area (Å²) >= 11 is 6.40. The second-order valence-electron chi connectivity index (χ2n) is 8.97. The van der Waals surface area contributed by atoms with Crippen molar-refractivity contribution in [2.45, 2.75) is 6.54 Å². The first kappa shape index (κ1) is 23.2. The van der Waals surface area contributed by atoms with Crippen LogP contribution in [0, 0.1) is 0 Å². The van der Waals surface area contributed by atoms with Gasteiger partial charge in [-0.15, -0.1) is 0 Å². The highest BCUT2D eigenvalue weighted by Gasteiger charge is 2.27. The van der Waals surface area contributed by atoms with E-state index in [0.717, 1.165) is 43.1 Å². The Morgan fingerprint density at radius 2 is 1.91 bits per heavy atom. The second kappa shape index (κ2) is 9.59. The van der Waals surface area contributed by atoms with Crippen LogP contribution in [0.5, 0.6) is 5.75 Å². The molecule has 5 rings (SSSR count). The number of amides is 1. The van der Waals surface area contributed by atoms with E-state index < -0.39 is 0 Å². The van der Waals surface area contributed by atoms with Gasteiger partial charge in [-0.05, 0) is 23.8 Å². The molecule has 0 unspecified atom stereocenters. The lowest BCUT2D eigenvalue weighted by atomic mass is 10.1. The van der Waals surface area contributed by atoms with Gasteiger partial charge in [0.15, 0.2) is 5.82 Å². The molecular weight excluding hydrogens is 466 g/mol. The van der Waals surface area contributed by atoms with Crippen LogP contribution < -0.4 is 25.2 Å². The third-order valence-electron chi connectivity index (χ3n) is 6.53. The van der Waals surface area contributed by atoms with Crippen molar-refractivity contribution in [1.82, 2.24) is 14.9 Å². The first-order valence-corrected chi connectivity index (χ1v) is 12.0. The van der Waals surface area contributed by atoms with Crippen LogP contribution in [0.3, 0.4) is 0 Å². The van der Waals surface area contributed by atoms with Crippen molar-refractivity contribution in [3.05, 3.63) is 58.7 Å². The number of benzene rings is 2. The Bertz CT molecular complexity index is 1260. The minimum atomic E-state index is -0.0294. The zero-order valence-corrected chi connectivity index (χ0v) is 20.8. The highest BCUT2D eigenvalue weighted by atomic mass is 35.5. The van der Waals surface area contributed by atoms with Gasteiger partial charge in [0, 0.05) is 25.3 Å². The van der Waals surface area contributed by atoms with Gasteiger partial charge in [-0.2, -0.15) is 4.98 Å². The predicted molar refractivity (Wildman–Crippen MR) is 138 cm³/mol. The molecule has 1 fully saturated rings. The smallest absolute Gasteiger partial charge is 0.256 e. The summed E-state index contributed by atoms with van der Waals surface area (Å²) in [5, 5.41) is 6.82. The van der Waals surface area contributed by atoms with E-state index in [1.807, 2.05) is 30.3 Å². The van der Waals surface area contributed by atoms with E-state index in [9.17, 15) is 4.79 Å². The number of likely N-dealkylation sites (N-methyl/N-ethyl adjacent to an activating group) is 1. The minimum absolute atomic E-state index is 0.0294. The molecule has 2 aliphatic heterocycles. The monoisotopic (exact) mass is 494 g/mol. The molecule has 182 valence electrons. The van der Waals surface area contributed by atoms with Crippen molar-refractivity contribution in [2.24, 2.45) is 0 Å². The molecule has 3 N–H and O–H groups in total. The molecule has 0 radical (unpaired) electrons. The number of aromatic nitrogens is 2. The van der Waals surface area contributed by atoms with E-state index >= 15 is 0 Å². The Balaban J connectivity index is 1.37. The van der Waals surface area contributed by atoms with E-state index in [4.69, 9.17) is 16.3 Å². The van der Waals surface area contributed by atoms with Crippen molar-refractivity contribution < 1.29 is 14.4 Å². The molecule has 3 aromatic rings. The van der Waals surface area contributed by atoms with Gasteiger partial charge >= 0.3 is 0 Å². The van der Waals surface area contributed by atoms with Crippen LogP contribution in [0.15, 0.2) is 42.6 Å². The number of carbonyl (C=O) groups is 1. The first-order valence-electron chi connectivity index (χ1n) is 11.6. The highest BCUT2D eigenvalue weighted by molar-refractivity contribution is 6.33. The van der Waals surface area contributed by atoms with E-state index in [1.165, 1.54) is 6.20 Å². The Labute approximate surface area is 209 Å². The molecule has 1 saturated heterocycles. The summed E-state index contributed by atoms with van der Waals surface area (Å²) in [6.45, 7) is 4.84. The summed E-state index contributed by atoms with van der Waals surface area (Å²) in [5.41, 5.74) is 4.16. The summed E-state index contributed by atoms with van der Waals surface area (Å²) < 4.78 is 5.66. The average Bonchev–Trinajstić information content (AvgIpc) is 3.16. The van der Waals surface area contributed by atoms with Crippen molar-refractivity contribution in [2.75, 3.05) is 62.9 Å². The molecule has 2 aromatic carbocycles. The van der Waals surface area contributed by atoms with Crippen LogP contribution in [0.25, 0.3) is 0 Å². The van der Waals surface area contributed by atoms with Gasteiger partial charge < -0.3 is 30.1 Å². The van der Waals surface area contributed by atoms with Crippen LogP contribution in [0.4, 0.5) is 28.8 Å². The van der Waals surface area contributed by atoms with Gasteiger partial charge in [0.1, 0.15) is 10.8 Å². The molecule has 1 amide bonds. The molecule has 9 nitrogen and oxygen atoms in total. The summed E-state index contributed by atoms with van der Waals surface area (Å²) in [5.74, 6) is 1.45. The molecule has 0 atom stereocenters. The number of methoxy groups -OCH3 is 1. The fourth-order valence-corrected chi connectivity index (χ4v) is 4.63. The topological polar surface area (TPSA) is 87.1 Å². The number of quaternary nitrogens is 1. The lowest BCUT2D eigenvalue weighted by molar-refractivity contribution is -0.880. The molecule has 1 aromatic heterocycles. The summed E-state index contributed by atoms with van der Waals surface area (Å²) in [7, 11) is 5.66. The fourth-order valence-electron chi connectivity index (χ4n) is 4.50. The van der Waals surface area contributed by atoms with E-state index in [-0.39, 0.29) is 5.91 Å². The maximum absolute atomic E-state index is 12.6. The zero-order valence-electron chi connectivity index (χ0n) is 20.1. The molecule has 0 aliphatic carbocycles. The Kier molecular flexibility index (Phi) is 6.36. The van der Waals surface area contributed by atoms with Gasteiger partial charge in [-0.3, -0.25) is 4.79 Å². The average molecular weight is 495 g/mol. The number of ether oxygens (including phenoxy) is 1. The van der Waals surface area contributed by atoms with Crippen molar-refractivity contribution >= 4 is 46.3 Å². The maximum Gasteiger partial charge on any atom is 0.256 e. The maximum atomic E-state index is 12.6. The number of rotatable bonds is 6. The summed E-state index contributed by atoms with van der Waals surface area (Å²) in [6.07, 6.45) is 1.53. The lowest BCUT2D eigenvalue weighted by Gasteiger charge is -2.32. The third kappa shape index (κ3) is 4.69. The highest BCUT2D eigenvalue weighted by Crippen LogP contribution is 2.34. The van der Waals surface area contributed by atoms with Crippen LogP contribution in [0.2, 0.25) is 5.02 Å². The molecule has 2 aliphatic rings. The molecule has 0 saturated carbocycles. The predicted octanol–water partition coefficient (Wildman–Crippen LogP) is 2.55. The summed E-state index contributed by atoms with van der Waals surface area (Å²) in [4.78, 5) is 27.1. The minimum Gasteiger partial charge on any atom is -0.494 e. The second-order valence-corrected chi connectivity index (χ2v) is 9.38.